The topological polar surface area (TPSA) is 37.3 Å². The van der Waals surface area contributed by atoms with Gasteiger partial charge < -0.3 is 5.11 Å². The van der Waals surface area contributed by atoms with Gasteiger partial charge in [-0.25, -0.2) is 0 Å². The van der Waals surface area contributed by atoms with Gasteiger partial charge in [-0.3, -0.25) is 4.79 Å². The molecule has 0 fully saturated rings. The molecule has 2 heterocycles. The van der Waals surface area contributed by atoms with Crippen molar-refractivity contribution in [2.75, 3.05) is 0 Å². The van der Waals surface area contributed by atoms with Crippen LogP contribution < -0.4 is 0 Å². The summed E-state index contributed by atoms with van der Waals surface area (Å²) in [4.78, 5) is 15.0. The Morgan fingerprint density at radius 3 is 2.67 bits per heavy atom. The summed E-state index contributed by atoms with van der Waals surface area (Å²) >= 11 is 3.33. The van der Waals surface area contributed by atoms with E-state index in [9.17, 15) is 9.90 Å². The van der Waals surface area contributed by atoms with E-state index in [4.69, 9.17) is 0 Å². The Hall–Kier alpha value is -1.23. The van der Waals surface area contributed by atoms with Crippen molar-refractivity contribution in [3.05, 3.63) is 40.6 Å². The maximum atomic E-state index is 11.5. The van der Waals surface area contributed by atoms with Gasteiger partial charge >= 0.3 is 0 Å². The number of carbonyl (C=O) groups is 1. The summed E-state index contributed by atoms with van der Waals surface area (Å²) in [6.07, 6.45) is 3.19. The molecule has 0 aliphatic carbocycles. The molecule has 94 valence electrons. The molecule has 4 heteroatoms. The zero-order chi connectivity index (χ0) is 13.2. The molecule has 2 aromatic rings. The first kappa shape index (κ1) is 13.2. The van der Waals surface area contributed by atoms with E-state index in [2.05, 4.69) is 6.07 Å². The van der Waals surface area contributed by atoms with Gasteiger partial charge in [0.15, 0.2) is 5.78 Å². The van der Waals surface area contributed by atoms with E-state index in [0.717, 1.165) is 4.88 Å². The molecule has 0 radical (unpaired) electrons. The zero-order valence-electron chi connectivity index (χ0n) is 10.2. The molecule has 2 nitrogen and oxygen atoms in total. The minimum Gasteiger partial charge on any atom is -0.382 e. The molecule has 0 spiro atoms. The molecule has 0 saturated carbocycles. The summed E-state index contributed by atoms with van der Waals surface area (Å²) in [6.45, 7) is 2.98. The van der Waals surface area contributed by atoms with Crippen molar-refractivity contribution < 1.29 is 9.90 Å². The first-order chi connectivity index (χ1) is 8.47. The lowest BCUT2D eigenvalue weighted by Gasteiger charge is -2.11. The van der Waals surface area contributed by atoms with Crippen LogP contribution in [0.5, 0.6) is 0 Å². The fourth-order valence-corrected chi connectivity index (χ4v) is 3.10. The van der Waals surface area contributed by atoms with Gasteiger partial charge in [0.05, 0.1) is 0 Å². The van der Waals surface area contributed by atoms with Crippen LogP contribution in [0.15, 0.2) is 35.7 Å². The van der Waals surface area contributed by atoms with Crippen LogP contribution >= 0.6 is 22.7 Å². The maximum absolute atomic E-state index is 11.5. The predicted molar refractivity (Wildman–Crippen MR) is 78.0 cm³/mol. The highest BCUT2D eigenvalue weighted by atomic mass is 32.1. The molecular formula is C14H14O2S2. The maximum Gasteiger partial charge on any atom is 0.186 e. The van der Waals surface area contributed by atoms with Gasteiger partial charge in [0.1, 0.15) is 5.60 Å². The Kier molecular flexibility index (Phi) is 3.80. The largest absolute Gasteiger partial charge is 0.382 e. The molecule has 0 aliphatic heterocycles. The van der Waals surface area contributed by atoms with E-state index in [0.29, 0.717) is 0 Å². The first-order valence-electron chi connectivity index (χ1n) is 5.55. The lowest BCUT2D eigenvalue weighted by atomic mass is 10.0. The molecule has 0 unspecified atom stereocenters. The third-order valence-corrected chi connectivity index (χ3v) is 4.51. The van der Waals surface area contributed by atoms with E-state index >= 15 is 0 Å². The number of hydrogen-bond acceptors (Lipinski definition) is 4. The van der Waals surface area contributed by atoms with Crippen molar-refractivity contribution in [2.24, 2.45) is 0 Å². The Balaban J connectivity index is 2.12. The van der Waals surface area contributed by atoms with Crippen LogP contribution in [-0.2, 0) is 4.79 Å². The number of carbonyl (C=O) groups excluding carboxylic acids is 1. The second-order valence-corrected chi connectivity index (χ2v) is 6.50. The summed E-state index contributed by atoms with van der Waals surface area (Å²) in [5.41, 5.74) is -1.30. The molecule has 1 N–H and O–H groups in total. The van der Waals surface area contributed by atoms with Crippen LogP contribution in [-0.4, -0.2) is 16.5 Å². The van der Waals surface area contributed by atoms with Crippen LogP contribution in [0.25, 0.3) is 15.8 Å². The molecule has 0 bridgehead atoms. The third-order valence-electron chi connectivity index (χ3n) is 2.39. The van der Waals surface area contributed by atoms with Crippen LogP contribution in [0.1, 0.15) is 18.7 Å². The monoisotopic (exact) mass is 278 g/mol. The highest BCUT2D eigenvalue weighted by Gasteiger charge is 2.20. The minimum absolute atomic E-state index is 0.284. The number of hydrogen-bond donors (Lipinski definition) is 1. The number of thiophene rings is 2. The predicted octanol–water partition coefficient (Wildman–Crippen LogP) is 3.83. The average Bonchev–Trinajstić information content (AvgIpc) is 2.94. The van der Waals surface area contributed by atoms with Gasteiger partial charge in [-0.1, -0.05) is 6.07 Å². The SMILES string of the molecule is CC(C)(O)C(=O)/C=C/c1ccc(-c2cccs2)s1. The summed E-state index contributed by atoms with van der Waals surface area (Å²) in [5.74, 6) is -0.284. The Morgan fingerprint density at radius 2 is 2.06 bits per heavy atom. The van der Waals surface area contributed by atoms with Crippen LogP contribution in [0.3, 0.4) is 0 Å². The molecule has 0 saturated heterocycles. The molecule has 0 atom stereocenters. The number of rotatable bonds is 4. The lowest BCUT2D eigenvalue weighted by Crippen LogP contribution is -2.29. The molecule has 18 heavy (non-hydrogen) atoms. The zero-order valence-corrected chi connectivity index (χ0v) is 11.8. The van der Waals surface area contributed by atoms with Crippen LogP contribution in [0, 0.1) is 0 Å². The normalized spacial score (nSPS) is 12.2. The fourth-order valence-electron chi connectivity index (χ4n) is 1.36. The molecule has 0 aliphatic rings. The van der Waals surface area contributed by atoms with E-state index < -0.39 is 5.60 Å². The summed E-state index contributed by atoms with van der Waals surface area (Å²) < 4.78 is 0. The summed E-state index contributed by atoms with van der Waals surface area (Å²) in [7, 11) is 0. The number of aliphatic hydroxyl groups is 1. The van der Waals surface area contributed by atoms with Crippen LogP contribution in [0.2, 0.25) is 0 Å². The smallest absolute Gasteiger partial charge is 0.186 e. The van der Waals surface area contributed by atoms with Crippen molar-refractivity contribution in [1.82, 2.24) is 0 Å². The van der Waals surface area contributed by atoms with Crippen LogP contribution in [0.4, 0.5) is 0 Å². The Bertz CT molecular complexity index is 557. The van der Waals surface area contributed by atoms with E-state index in [-0.39, 0.29) is 5.78 Å². The van der Waals surface area contributed by atoms with Crippen molar-refractivity contribution in [3.63, 3.8) is 0 Å². The van der Waals surface area contributed by atoms with E-state index in [1.165, 1.54) is 29.7 Å². The van der Waals surface area contributed by atoms with Crippen molar-refractivity contribution in [2.45, 2.75) is 19.4 Å². The average molecular weight is 278 g/mol. The van der Waals surface area contributed by atoms with Gasteiger partial charge in [0, 0.05) is 14.6 Å². The Morgan fingerprint density at radius 1 is 1.28 bits per heavy atom. The second kappa shape index (κ2) is 5.18. The second-order valence-electron chi connectivity index (χ2n) is 4.44. The quantitative estimate of drug-likeness (QED) is 0.863. The molecular weight excluding hydrogens is 264 g/mol. The minimum atomic E-state index is -1.30. The van der Waals surface area contributed by atoms with E-state index in [1.54, 1.807) is 28.7 Å². The molecule has 0 aromatic carbocycles. The van der Waals surface area contributed by atoms with Gasteiger partial charge in [0.2, 0.25) is 0 Å². The summed E-state index contributed by atoms with van der Waals surface area (Å²) in [6, 6.07) is 8.12. The third kappa shape index (κ3) is 3.16. The molecule has 2 rings (SSSR count). The standard InChI is InChI=1S/C14H14O2S2/c1-14(2,16)13(15)8-6-10-5-7-12(18-10)11-4-3-9-17-11/h3-9,16H,1-2H3/b8-6+. The van der Waals surface area contributed by atoms with Gasteiger partial charge in [-0.2, -0.15) is 0 Å². The fraction of sp³-hybridized carbons (Fsp3) is 0.214. The Labute approximate surface area is 114 Å². The highest BCUT2D eigenvalue weighted by molar-refractivity contribution is 7.21. The summed E-state index contributed by atoms with van der Waals surface area (Å²) in [5, 5.41) is 11.6. The first-order valence-corrected chi connectivity index (χ1v) is 7.25. The van der Waals surface area contributed by atoms with Crippen molar-refractivity contribution in [1.29, 1.82) is 0 Å². The molecule has 0 amide bonds. The van der Waals surface area contributed by atoms with Gasteiger partial charge in [0.25, 0.3) is 0 Å². The lowest BCUT2D eigenvalue weighted by molar-refractivity contribution is -0.128. The van der Waals surface area contributed by atoms with Crippen molar-refractivity contribution >= 4 is 34.5 Å². The van der Waals surface area contributed by atoms with Crippen molar-refractivity contribution in [3.8, 4) is 9.75 Å². The number of ketones is 1. The van der Waals surface area contributed by atoms with E-state index in [1.807, 2.05) is 23.6 Å². The van der Waals surface area contributed by atoms with Gasteiger partial charge in [-0.15, -0.1) is 22.7 Å². The van der Waals surface area contributed by atoms with Gasteiger partial charge in [-0.05, 0) is 49.6 Å². The highest BCUT2D eigenvalue weighted by Crippen LogP contribution is 2.32. The molecule has 2 aromatic heterocycles.